The van der Waals surface area contributed by atoms with Crippen LogP contribution in [-0.4, -0.2) is 4.98 Å². The van der Waals surface area contributed by atoms with E-state index in [9.17, 15) is 0 Å². The average molecular weight is 478 g/mol. The first-order valence-corrected chi connectivity index (χ1v) is 13.0. The number of benzene rings is 6. The van der Waals surface area contributed by atoms with Crippen molar-refractivity contribution in [3.05, 3.63) is 127 Å². The summed E-state index contributed by atoms with van der Waals surface area (Å²) in [5.74, 6) is 0. The summed E-state index contributed by atoms with van der Waals surface area (Å²) in [4.78, 5) is 4.86. The Labute approximate surface area is 214 Å². The molecule has 6 aromatic carbocycles. The van der Waals surface area contributed by atoms with Gasteiger partial charge in [-0.05, 0) is 62.9 Å². The van der Waals surface area contributed by atoms with Gasteiger partial charge >= 0.3 is 0 Å². The Hall–Kier alpha value is -4.27. The molecule has 0 spiro atoms. The van der Waals surface area contributed by atoms with Crippen LogP contribution in [0.1, 0.15) is 5.56 Å². The van der Waals surface area contributed by atoms with Gasteiger partial charge in [-0.1, -0.05) is 115 Å². The molecular formula is C34H23NS. The molecule has 0 aliphatic rings. The van der Waals surface area contributed by atoms with Crippen molar-refractivity contribution in [2.24, 2.45) is 0 Å². The van der Waals surface area contributed by atoms with Crippen LogP contribution in [0.5, 0.6) is 0 Å². The lowest BCUT2D eigenvalue weighted by atomic mass is 9.86. The fraction of sp³-hybridized carbons (Fsp3) is 0.0294. The number of fused-ring (bicyclic) bond motifs is 3. The van der Waals surface area contributed by atoms with Crippen molar-refractivity contribution in [3.8, 4) is 32.8 Å². The fourth-order valence-corrected chi connectivity index (χ4v) is 6.22. The second kappa shape index (κ2) is 8.44. The van der Waals surface area contributed by atoms with E-state index in [4.69, 9.17) is 4.98 Å². The van der Waals surface area contributed by atoms with Crippen molar-refractivity contribution < 1.29 is 0 Å². The molecule has 170 valence electrons. The van der Waals surface area contributed by atoms with Gasteiger partial charge in [-0.15, -0.1) is 11.3 Å². The smallest absolute Gasteiger partial charge is 0.124 e. The molecule has 2 heteroatoms. The predicted octanol–water partition coefficient (Wildman–Crippen LogP) is 9.91. The van der Waals surface area contributed by atoms with E-state index in [2.05, 4.69) is 122 Å². The summed E-state index contributed by atoms with van der Waals surface area (Å²) in [7, 11) is 0. The first-order chi connectivity index (χ1) is 17.8. The number of aromatic nitrogens is 1. The molecule has 0 aliphatic heterocycles. The van der Waals surface area contributed by atoms with Crippen molar-refractivity contribution >= 4 is 43.1 Å². The molecule has 36 heavy (non-hydrogen) atoms. The molecule has 0 saturated carbocycles. The van der Waals surface area contributed by atoms with E-state index in [1.165, 1.54) is 54.1 Å². The molecule has 0 bridgehead atoms. The second-order valence-electron chi connectivity index (χ2n) is 9.27. The number of hydrogen-bond donors (Lipinski definition) is 0. The largest absolute Gasteiger partial charge is 0.236 e. The van der Waals surface area contributed by atoms with Gasteiger partial charge in [-0.2, -0.15) is 0 Å². The SMILES string of the molecule is Cc1ccc(-c2c3ccccc3c(-c3ccc(-c4nc5ccccc5s4)cc3)c3ccccc23)cc1. The van der Waals surface area contributed by atoms with Gasteiger partial charge in [-0.3, -0.25) is 0 Å². The summed E-state index contributed by atoms with van der Waals surface area (Å²) in [6.45, 7) is 2.14. The summed E-state index contributed by atoms with van der Waals surface area (Å²) in [5, 5.41) is 6.18. The van der Waals surface area contributed by atoms with Crippen molar-refractivity contribution in [1.82, 2.24) is 4.98 Å². The minimum Gasteiger partial charge on any atom is -0.236 e. The molecule has 0 unspecified atom stereocenters. The molecule has 0 radical (unpaired) electrons. The van der Waals surface area contributed by atoms with Crippen LogP contribution in [-0.2, 0) is 0 Å². The van der Waals surface area contributed by atoms with E-state index in [0.717, 1.165) is 16.1 Å². The van der Waals surface area contributed by atoms with Gasteiger partial charge < -0.3 is 0 Å². The Kier molecular flexibility index (Phi) is 4.93. The van der Waals surface area contributed by atoms with Crippen molar-refractivity contribution in [1.29, 1.82) is 0 Å². The monoisotopic (exact) mass is 477 g/mol. The quantitative estimate of drug-likeness (QED) is 0.231. The Morgan fingerprint density at radius 3 is 1.44 bits per heavy atom. The topological polar surface area (TPSA) is 12.9 Å². The van der Waals surface area contributed by atoms with Gasteiger partial charge in [0.05, 0.1) is 10.2 Å². The molecule has 0 amide bonds. The van der Waals surface area contributed by atoms with E-state index in [0.29, 0.717) is 0 Å². The van der Waals surface area contributed by atoms with Gasteiger partial charge in [0, 0.05) is 5.56 Å². The second-order valence-corrected chi connectivity index (χ2v) is 10.3. The Morgan fingerprint density at radius 1 is 0.472 bits per heavy atom. The fourth-order valence-electron chi connectivity index (χ4n) is 5.25. The molecule has 1 heterocycles. The van der Waals surface area contributed by atoms with Crippen LogP contribution in [0.15, 0.2) is 121 Å². The number of nitrogens with zero attached hydrogens (tertiary/aromatic N) is 1. The highest BCUT2D eigenvalue weighted by atomic mass is 32.1. The van der Waals surface area contributed by atoms with Crippen LogP contribution in [0.2, 0.25) is 0 Å². The van der Waals surface area contributed by atoms with Gasteiger partial charge in [0.1, 0.15) is 5.01 Å². The zero-order valence-corrected chi connectivity index (χ0v) is 20.7. The number of para-hydroxylation sites is 1. The van der Waals surface area contributed by atoms with Crippen molar-refractivity contribution in [2.45, 2.75) is 6.92 Å². The molecule has 0 atom stereocenters. The van der Waals surface area contributed by atoms with Gasteiger partial charge in [0.15, 0.2) is 0 Å². The number of rotatable bonds is 3. The van der Waals surface area contributed by atoms with Crippen LogP contribution in [0.4, 0.5) is 0 Å². The zero-order valence-electron chi connectivity index (χ0n) is 19.9. The summed E-state index contributed by atoms with van der Waals surface area (Å²) >= 11 is 1.75. The molecular weight excluding hydrogens is 454 g/mol. The molecule has 1 nitrogen and oxygen atoms in total. The minimum atomic E-state index is 1.06. The highest BCUT2D eigenvalue weighted by Crippen LogP contribution is 2.44. The van der Waals surface area contributed by atoms with E-state index in [-0.39, 0.29) is 0 Å². The standard InChI is InChI=1S/C34H23NS/c1-22-14-16-23(17-15-22)32-26-8-2-4-10-28(26)33(29-11-5-3-9-27(29)32)24-18-20-25(21-19-24)34-35-30-12-6-7-13-31(30)36-34/h2-21H,1H3. The first kappa shape index (κ1) is 21.0. The molecule has 7 rings (SSSR count). The molecule has 0 fully saturated rings. The highest BCUT2D eigenvalue weighted by molar-refractivity contribution is 7.21. The normalized spacial score (nSPS) is 11.5. The maximum Gasteiger partial charge on any atom is 0.124 e. The van der Waals surface area contributed by atoms with Crippen LogP contribution in [0.25, 0.3) is 64.6 Å². The first-order valence-electron chi connectivity index (χ1n) is 12.2. The minimum absolute atomic E-state index is 1.06. The van der Waals surface area contributed by atoms with E-state index < -0.39 is 0 Å². The van der Waals surface area contributed by atoms with Gasteiger partial charge in [-0.25, -0.2) is 4.98 Å². The Bertz CT molecular complexity index is 1790. The third kappa shape index (κ3) is 3.42. The third-order valence-corrected chi connectivity index (χ3v) is 8.07. The van der Waals surface area contributed by atoms with Crippen LogP contribution >= 0.6 is 11.3 Å². The molecule has 0 N–H and O–H groups in total. The van der Waals surface area contributed by atoms with E-state index >= 15 is 0 Å². The number of hydrogen-bond acceptors (Lipinski definition) is 2. The number of aryl methyl sites for hydroxylation is 1. The zero-order chi connectivity index (χ0) is 24.1. The maximum atomic E-state index is 4.86. The van der Waals surface area contributed by atoms with Crippen LogP contribution < -0.4 is 0 Å². The third-order valence-electron chi connectivity index (χ3n) is 6.99. The van der Waals surface area contributed by atoms with E-state index in [1.807, 2.05) is 6.07 Å². The Balaban J connectivity index is 1.45. The summed E-state index contributed by atoms with van der Waals surface area (Å²) in [6, 6.07) is 43.8. The molecule has 1 aromatic heterocycles. The predicted molar refractivity (Wildman–Crippen MR) is 156 cm³/mol. The average Bonchev–Trinajstić information content (AvgIpc) is 3.37. The lowest BCUT2D eigenvalue weighted by Crippen LogP contribution is -1.91. The summed E-state index contributed by atoms with van der Waals surface area (Å²) in [5.41, 5.74) is 8.56. The van der Waals surface area contributed by atoms with Gasteiger partial charge in [0.2, 0.25) is 0 Å². The van der Waals surface area contributed by atoms with Crippen LogP contribution in [0.3, 0.4) is 0 Å². The molecule has 7 aromatic rings. The van der Waals surface area contributed by atoms with Crippen molar-refractivity contribution in [2.75, 3.05) is 0 Å². The van der Waals surface area contributed by atoms with Crippen LogP contribution in [0, 0.1) is 6.92 Å². The highest BCUT2D eigenvalue weighted by Gasteiger charge is 2.16. The molecule has 0 aliphatic carbocycles. The lowest BCUT2D eigenvalue weighted by Gasteiger charge is -2.18. The van der Waals surface area contributed by atoms with Crippen molar-refractivity contribution in [3.63, 3.8) is 0 Å². The van der Waals surface area contributed by atoms with Gasteiger partial charge in [0.25, 0.3) is 0 Å². The summed E-state index contributed by atoms with van der Waals surface area (Å²) < 4.78 is 1.22. The van der Waals surface area contributed by atoms with E-state index in [1.54, 1.807) is 11.3 Å². The lowest BCUT2D eigenvalue weighted by molar-refractivity contribution is 1.47. The Morgan fingerprint density at radius 2 is 0.917 bits per heavy atom. The summed E-state index contributed by atoms with van der Waals surface area (Å²) in [6.07, 6.45) is 0. The molecule has 0 saturated heterocycles. The number of thiazole rings is 1. The maximum absolute atomic E-state index is 4.86.